The molecule has 4 aromatic rings. The van der Waals surface area contributed by atoms with Gasteiger partial charge in [-0.15, -0.1) is 0 Å². The van der Waals surface area contributed by atoms with Gasteiger partial charge in [0.05, 0.1) is 5.69 Å². The number of nitrogens with zero attached hydrogens (tertiary/aromatic N) is 2. The van der Waals surface area contributed by atoms with Crippen LogP contribution in [-0.4, -0.2) is 15.2 Å². The van der Waals surface area contributed by atoms with Crippen LogP contribution in [0.25, 0.3) is 11.3 Å². The lowest BCUT2D eigenvalue weighted by atomic mass is 10.1. The Balaban J connectivity index is 1.39. The first-order valence-corrected chi connectivity index (χ1v) is 8.72. The van der Waals surface area contributed by atoms with E-state index >= 15 is 0 Å². The molecule has 0 aliphatic carbocycles. The number of aromatic nitrogens is 3. The van der Waals surface area contributed by atoms with Crippen LogP contribution in [0, 0.1) is 0 Å². The monoisotopic (exact) mass is 357 g/mol. The third kappa shape index (κ3) is 4.15. The fourth-order valence-corrected chi connectivity index (χ4v) is 2.75. The lowest BCUT2D eigenvalue weighted by Gasteiger charge is -2.15. The molecule has 0 saturated heterocycles. The van der Waals surface area contributed by atoms with Gasteiger partial charge in [0, 0.05) is 18.6 Å². The van der Waals surface area contributed by atoms with Crippen molar-refractivity contribution in [1.82, 2.24) is 15.2 Å². The number of aromatic amines is 1. The summed E-state index contributed by atoms with van der Waals surface area (Å²) >= 11 is 0. The smallest absolute Gasteiger partial charge is 0.127 e. The standard InChI is InChI=1S/C22H19N3O2/c1-16(17-10-13-23-14-11-17)26-19-6-8-21(9-7-19)27-20-4-2-18(3-5-20)22-12-15-24-25-22/h2-16H,1H3,(H,24,25). The van der Waals surface area contributed by atoms with Crippen LogP contribution < -0.4 is 9.47 Å². The van der Waals surface area contributed by atoms with Gasteiger partial charge >= 0.3 is 0 Å². The first-order chi connectivity index (χ1) is 13.3. The van der Waals surface area contributed by atoms with Crippen LogP contribution >= 0.6 is 0 Å². The van der Waals surface area contributed by atoms with Crippen molar-refractivity contribution in [2.45, 2.75) is 13.0 Å². The van der Waals surface area contributed by atoms with Crippen molar-refractivity contribution in [2.75, 3.05) is 0 Å². The lowest BCUT2D eigenvalue weighted by Crippen LogP contribution is -2.02. The van der Waals surface area contributed by atoms with Crippen LogP contribution in [0.15, 0.2) is 85.3 Å². The van der Waals surface area contributed by atoms with Gasteiger partial charge < -0.3 is 9.47 Å². The second-order valence-corrected chi connectivity index (χ2v) is 6.11. The summed E-state index contributed by atoms with van der Waals surface area (Å²) in [5, 5.41) is 6.91. The van der Waals surface area contributed by atoms with E-state index in [1.165, 1.54) is 0 Å². The van der Waals surface area contributed by atoms with Crippen molar-refractivity contribution in [3.63, 3.8) is 0 Å². The number of hydrogen-bond donors (Lipinski definition) is 1. The molecule has 4 rings (SSSR count). The van der Waals surface area contributed by atoms with E-state index in [1.54, 1.807) is 18.6 Å². The molecule has 2 aromatic heterocycles. The molecule has 1 atom stereocenters. The van der Waals surface area contributed by atoms with Gasteiger partial charge in [0.15, 0.2) is 0 Å². The van der Waals surface area contributed by atoms with Crippen molar-refractivity contribution >= 4 is 0 Å². The molecule has 5 heteroatoms. The van der Waals surface area contributed by atoms with E-state index in [4.69, 9.17) is 9.47 Å². The Morgan fingerprint density at radius 1 is 0.741 bits per heavy atom. The van der Waals surface area contributed by atoms with Crippen LogP contribution in [0.4, 0.5) is 0 Å². The molecule has 1 unspecified atom stereocenters. The number of nitrogens with one attached hydrogen (secondary N) is 1. The highest BCUT2D eigenvalue weighted by atomic mass is 16.5. The molecule has 0 aliphatic heterocycles. The topological polar surface area (TPSA) is 60.0 Å². The Bertz CT molecular complexity index is 967. The summed E-state index contributed by atoms with van der Waals surface area (Å²) in [6.07, 6.45) is 5.22. The van der Waals surface area contributed by atoms with Gasteiger partial charge in [-0.2, -0.15) is 5.10 Å². The van der Waals surface area contributed by atoms with Crippen molar-refractivity contribution in [2.24, 2.45) is 0 Å². The summed E-state index contributed by atoms with van der Waals surface area (Å²) in [7, 11) is 0. The van der Waals surface area contributed by atoms with E-state index in [0.29, 0.717) is 0 Å². The van der Waals surface area contributed by atoms with Crippen molar-refractivity contribution in [3.05, 3.63) is 90.9 Å². The van der Waals surface area contributed by atoms with E-state index in [9.17, 15) is 0 Å². The normalized spacial score (nSPS) is 11.7. The van der Waals surface area contributed by atoms with E-state index in [1.807, 2.05) is 73.7 Å². The number of pyridine rings is 1. The first kappa shape index (κ1) is 16.8. The minimum atomic E-state index is -0.0465. The summed E-state index contributed by atoms with van der Waals surface area (Å²) < 4.78 is 11.9. The summed E-state index contributed by atoms with van der Waals surface area (Å²) in [4.78, 5) is 4.03. The number of H-pyrrole nitrogens is 1. The molecule has 27 heavy (non-hydrogen) atoms. The lowest BCUT2D eigenvalue weighted by molar-refractivity contribution is 0.226. The molecule has 0 bridgehead atoms. The molecule has 2 aromatic carbocycles. The second-order valence-electron chi connectivity index (χ2n) is 6.11. The number of rotatable bonds is 6. The largest absolute Gasteiger partial charge is 0.486 e. The van der Waals surface area contributed by atoms with E-state index < -0.39 is 0 Å². The summed E-state index contributed by atoms with van der Waals surface area (Å²) in [5.41, 5.74) is 3.13. The molecular weight excluding hydrogens is 338 g/mol. The fourth-order valence-electron chi connectivity index (χ4n) is 2.75. The molecule has 134 valence electrons. The summed E-state index contributed by atoms with van der Waals surface area (Å²) in [6.45, 7) is 2.01. The Kier molecular flexibility index (Phi) is 4.83. The van der Waals surface area contributed by atoms with Crippen LogP contribution in [0.3, 0.4) is 0 Å². The fraction of sp³-hybridized carbons (Fsp3) is 0.0909. The minimum Gasteiger partial charge on any atom is -0.486 e. The van der Waals surface area contributed by atoms with Crippen LogP contribution in [0.5, 0.6) is 17.2 Å². The zero-order chi connectivity index (χ0) is 18.5. The molecule has 0 fully saturated rings. The maximum atomic E-state index is 5.97. The zero-order valence-electron chi connectivity index (χ0n) is 14.9. The average molecular weight is 357 g/mol. The second kappa shape index (κ2) is 7.74. The van der Waals surface area contributed by atoms with Gasteiger partial charge in [-0.3, -0.25) is 10.1 Å². The molecule has 5 nitrogen and oxygen atoms in total. The van der Waals surface area contributed by atoms with Crippen molar-refractivity contribution in [3.8, 4) is 28.5 Å². The maximum Gasteiger partial charge on any atom is 0.127 e. The third-order valence-corrected chi connectivity index (χ3v) is 4.21. The van der Waals surface area contributed by atoms with Gasteiger partial charge in [0.1, 0.15) is 23.4 Å². The van der Waals surface area contributed by atoms with Crippen LogP contribution in [0.1, 0.15) is 18.6 Å². The summed E-state index contributed by atoms with van der Waals surface area (Å²) in [6, 6.07) is 21.3. The molecule has 0 amide bonds. The highest BCUT2D eigenvalue weighted by Gasteiger charge is 2.07. The van der Waals surface area contributed by atoms with E-state index in [-0.39, 0.29) is 6.10 Å². The molecule has 0 aliphatic rings. The Hall–Kier alpha value is -3.60. The molecule has 0 saturated carbocycles. The molecule has 2 heterocycles. The number of hydrogen-bond acceptors (Lipinski definition) is 4. The summed E-state index contributed by atoms with van der Waals surface area (Å²) in [5.74, 6) is 2.33. The Morgan fingerprint density at radius 3 is 2.00 bits per heavy atom. The van der Waals surface area contributed by atoms with E-state index in [0.717, 1.165) is 34.1 Å². The average Bonchev–Trinajstić information content (AvgIpc) is 3.26. The van der Waals surface area contributed by atoms with Crippen molar-refractivity contribution in [1.29, 1.82) is 0 Å². The van der Waals surface area contributed by atoms with Gasteiger partial charge in [-0.25, -0.2) is 0 Å². The Labute approximate surface area is 157 Å². The predicted octanol–water partition coefficient (Wildman–Crippen LogP) is 5.40. The minimum absolute atomic E-state index is 0.0465. The van der Waals surface area contributed by atoms with Gasteiger partial charge in [0.25, 0.3) is 0 Å². The van der Waals surface area contributed by atoms with Gasteiger partial charge in [0.2, 0.25) is 0 Å². The SMILES string of the molecule is CC(Oc1ccc(Oc2ccc(-c3ccn[nH]3)cc2)cc1)c1ccncc1. The number of ether oxygens (including phenoxy) is 2. The maximum absolute atomic E-state index is 5.97. The first-order valence-electron chi connectivity index (χ1n) is 8.72. The van der Waals surface area contributed by atoms with Crippen LogP contribution in [-0.2, 0) is 0 Å². The highest BCUT2D eigenvalue weighted by molar-refractivity contribution is 5.59. The van der Waals surface area contributed by atoms with Gasteiger partial charge in [-0.05, 0) is 84.8 Å². The van der Waals surface area contributed by atoms with E-state index in [2.05, 4.69) is 15.2 Å². The molecule has 0 spiro atoms. The van der Waals surface area contributed by atoms with Crippen LogP contribution in [0.2, 0.25) is 0 Å². The van der Waals surface area contributed by atoms with Crippen molar-refractivity contribution < 1.29 is 9.47 Å². The Morgan fingerprint density at radius 2 is 1.37 bits per heavy atom. The highest BCUT2D eigenvalue weighted by Crippen LogP contribution is 2.28. The zero-order valence-corrected chi connectivity index (χ0v) is 14.9. The predicted molar refractivity (Wildman–Crippen MR) is 104 cm³/mol. The molecule has 1 N–H and O–H groups in total. The number of benzene rings is 2. The van der Waals surface area contributed by atoms with Gasteiger partial charge in [-0.1, -0.05) is 0 Å². The molecule has 0 radical (unpaired) electrons. The quantitative estimate of drug-likeness (QED) is 0.502. The molecular formula is C22H19N3O2. The third-order valence-electron chi connectivity index (χ3n) is 4.21.